The molecule has 3 nitrogen and oxygen atoms in total. The minimum atomic E-state index is -0.113. The smallest absolute Gasteiger partial charge is 0.0710 e. The molecule has 3 heteroatoms. The van der Waals surface area contributed by atoms with Gasteiger partial charge >= 0.3 is 0 Å². The van der Waals surface area contributed by atoms with E-state index < -0.39 is 0 Å². The van der Waals surface area contributed by atoms with E-state index in [1.165, 1.54) is 19.3 Å². The second-order valence-corrected chi connectivity index (χ2v) is 5.36. The first-order valence-corrected chi connectivity index (χ1v) is 6.69. The molecule has 2 aliphatic rings. The predicted molar refractivity (Wildman–Crippen MR) is 64.4 cm³/mol. The Labute approximate surface area is 98.8 Å². The van der Waals surface area contributed by atoms with E-state index in [-0.39, 0.29) is 6.10 Å². The number of ether oxygens (including phenoxy) is 1. The summed E-state index contributed by atoms with van der Waals surface area (Å²) in [6.07, 6.45) is 6.01. The van der Waals surface area contributed by atoms with Gasteiger partial charge in [0.1, 0.15) is 0 Å². The van der Waals surface area contributed by atoms with Crippen LogP contribution >= 0.6 is 0 Å². The molecular formula is C13H25NO2. The number of nitrogens with zero attached hydrogens (tertiary/aromatic N) is 1. The van der Waals surface area contributed by atoms with Crippen molar-refractivity contribution in [2.75, 3.05) is 20.2 Å². The highest BCUT2D eigenvalue weighted by Crippen LogP contribution is 2.32. The number of rotatable bonds is 3. The Morgan fingerprint density at radius 1 is 1.31 bits per heavy atom. The zero-order chi connectivity index (χ0) is 11.5. The maximum atomic E-state index is 10.1. The zero-order valence-corrected chi connectivity index (χ0v) is 10.6. The van der Waals surface area contributed by atoms with Crippen molar-refractivity contribution < 1.29 is 9.84 Å². The van der Waals surface area contributed by atoms with E-state index in [0.29, 0.717) is 12.1 Å². The van der Waals surface area contributed by atoms with Gasteiger partial charge in [-0.15, -0.1) is 0 Å². The summed E-state index contributed by atoms with van der Waals surface area (Å²) in [6, 6.07) is 0.388. The molecule has 2 fully saturated rings. The lowest BCUT2D eigenvalue weighted by Gasteiger charge is -2.38. The first-order valence-electron chi connectivity index (χ1n) is 6.69. The number of aliphatic hydroxyl groups is 1. The number of methoxy groups -OCH3 is 1. The minimum absolute atomic E-state index is 0.113. The van der Waals surface area contributed by atoms with Gasteiger partial charge in [0.25, 0.3) is 0 Å². The summed E-state index contributed by atoms with van der Waals surface area (Å²) in [6.45, 7) is 4.37. The Morgan fingerprint density at radius 3 is 2.75 bits per heavy atom. The van der Waals surface area contributed by atoms with Crippen molar-refractivity contribution in [1.29, 1.82) is 0 Å². The molecule has 0 aromatic heterocycles. The molecule has 0 aromatic rings. The van der Waals surface area contributed by atoms with E-state index >= 15 is 0 Å². The second-order valence-electron chi connectivity index (χ2n) is 5.36. The van der Waals surface area contributed by atoms with Gasteiger partial charge in [0.15, 0.2) is 0 Å². The molecule has 1 heterocycles. The fraction of sp³-hybridized carbons (Fsp3) is 1.00. The van der Waals surface area contributed by atoms with Crippen LogP contribution in [0.3, 0.4) is 0 Å². The molecule has 2 rings (SSSR count). The molecule has 1 saturated heterocycles. The average molecular weight is 227 g/mol. The number of aliphatic hydroxyl groups excluding tert-OH is 1. The Balaban J connectivity index is 1.91. The molecule has 1 saturated carbocycles. The van der Waals surface area contributed by atoms with Crippen LogP contribution in [0.5, 0.6) is 0 Å². The highest BCUT2D eigenvalue weighted by Gasteiger charge is 2.36. The quantitative estimate of drug-likeness (QED) is 0.795. The SMILES string of the molecule is CCC1CCC(O)C(N2CCC(OC)C2)C1. The monoisotopic (exact) mass is 227 g/mol. The van der Waals surface area contributed by atoms with E-state index in [4.69, 9.17) is 4.74 Å². The maximum Gasteiger partial charge on any atom is 0.0710 e. The minimum Gasteiger partial charge on any atom is -0.391 e. The van der Waals surface area contributed by atoms with Crippen LogP contribution in [0.1, 0.15) is 39.0 Å². The molecule has 1 aliphatic heterocycles. The summed E-state index contributed by atoms with van der Waals surface area (Å²) >= 11 is 0. The van der Waals surface area contributed by atoms with E-state index in [1.54, 1.807) is 7.11 Å². The molecule has 0 aromatic carbocycles. The van der Waals surface area contributed by atoms with Gasteiger partial charge in [0.05, 0.1) is 12.2 Å². The second kappa shape index (κ2) is 5.48. The average Bonchev–Trinajstić information content (AvgIpc) is 2.78. The molecule has 0 spiro atoms. The van der Waals surface area contributed by atoms with Crippen LogP contribution in [-0.2, 0) is 4.74 Å². The standard InChI is InChI=1S/C13H25NO2/c1-3-10-4-5-13(15)12(8-10)14-7-6-11(9-14)16-2/h10-13,15H,3-9H2,1-2H3. The van der Waals surface area contributed by atoms with Crippen LogP contribution in [0.2, 0.25) is 0 Å². The van der Waals surface area contributed by atoms with Gasteiger partial charge in [-0.25, -0.2) is 0 Å². The Kier molecular flexibility index (Phi) is 4.22. The first-order chi connectivity index (χ1) is 7.74. The Morgan fingerprint density at radius 2 is 2.12 bits per heavy atom. The molecule has 0 bridgehead atoms. The third-order valence-corrected chi connectivity index (χ3v) is 4.45. The van der Waals surface area contributed by atoms with Crippen LogP contribution in [0.4, 0.5) is 0 Å². The normalized spacial score (nSPS) is 41.4. The highest BCUT2D eigenvalue weighted by atomic mass is 16.5. The van der Waals surface area contributed by atoms with Crippen molar-refractivity contribution in [2.24, 2.45) is 5.92 Å². The van der Waals surface area contributed by atoms with E-state index in [9.17, 15) is 5.11 Å². The van der Waals surface area contributed by atoms with Gasteiger partial charge in [-0.2, -0.15) is 0 Å². The van der Waals surface area contributed by atoms with Gasteiger partial charge in [-0.1, -0.05) is 13.3 Å². The number of likely N-dealkylation sites (tertiary alicyclic amines) is 1. The lowest BCUT2D eigenvalue weighted by Crippen LogP contribution is -2.46. The summed E-state index contributed by atoms with van der Waals surface area (Å²) < 4.78 is 5.40. The molecule has 16 heavy (non-hydrogen) atoms. The van der Waals surface area contributed by atoms with Crippen molar-refractivity contribution in [3.8, 4) is 0 Å². The van der Waals surface area contributed by atoms with Crippen molar-refractivity contribution in [3.63, 3.8) is 0 Å². The predicted octanol–water partition coefficient (Wildman–Crippen LogP) is 1.65. The molecule has 4 atom stereocenters. The first kappa shape index (κ1) is 12.3. The number of hydrogen-bond donors (Lipinski definition) is 1. The molecule has 0 amide bonds. The topological polar surface area (TPSA) is 32.7 Å². The van der Waals surface area contributed by atoms with Gasteiger partial charge < -0.3 is 9.84 Å². The zero-order valence-electron chi connectivity index (χ0n) is 10.6. The molecule has 1 aliphatic carbocycles. The summed E-state index contributed by atoms with van der Waals surface area (Å²) in [4.78, 5) is 2.45. The van der Waals surface area contributed by atoms with Crippen LogP contribution in [0.15, 0.2) is 0 Å². The van der Waals surface area contributed by atoms with Crippen LogP contribution in [0, 0.1) is 5.92 Å². The largest absolute Gasteiger partial charge is 0.391 e. The van der Waals surface area contributed by atoms with Crippen molar-refractivity contribution >= 4 is 0 Å². The van der Waals surface area contributed by atoms with Crippen LogP contribution in [-0.4, -0.2) is 48.5 Å². The van der Waals surface area contributed by atoms with Crippen molar-refractivity contribution in [3.05, 3.63) is 0 Å². The third-order valence-electron chi connectivity index (χ3n) is 4.45. The fourth-order valence-corrected chi connectivity index (χ4v) is 3.23. The van der Waals surface area contributed by atoms with Gasteiger partial charge in [-0.05, 0) is 31.6 Å². The molecule has 94 valence electrons. The maximum absolute atomic E-state index is 10.1. The summed E-state index contributed by atoms with van der Waals surface area (Å²) in [7, 11) is 1.79. The number of hydrogen-bond acceptors (Lipinski definition) is 3. The third kappa shape index (κ3) is 2.58. The molecule has 0 radical (unpaired) electrons. The fourth-order valence-electron chi connectivity index (χ4n) is 3.23. The van der Waals surface area contributed by atoms with Gasteiger partial charge in [0.2, 0.25) is 0 Å². The highest BCUT2D eigenvalue weighted by molar-refractivity contribution is 4.90. The van der Waals surface area contributed by atoms with Crippen LogP contribution in [0.25, 0.3) is 0 Å². The summed E-state index contributed by atoms with van der Waals surface area (Å²) in [5, 5.41) is 10.1. The summed E-state index contributed by atoms with van der Waals surface area (Å²) in [5.41, 5.74) is 0. The van der Waals surface area contributed by atoms with E-state index in [1.807, 2.05) is 0 Å². The molecule has 1 N–H and O–H groups in total. The molecule has 4 unspecified atom stereocenters. The van der Waals surface area contributed by atoms with Crippen molar-refractivity contribution in [1.82, 2.24) is 4.90 Å². The van der Waals surface area contributed by atoms with E-state index in [0.717, 1.165) is 31.8 Å². The summed E-state index contributed by atoms with van der Waals surface area (Å²) in [5.74, 6) is 0.815. The Hall–Kier alpha value is -0.120. The lowest BCUT2D eigenvalue weighted by atomic mass is 9.82. The van der Waals surface area contributed by atoms with Gasteiger partial charge in [-0.3, -0.25) is 4.90 Å². The Bertz CT molecular complexity index is 222. The van der Waals surface area contributed by atoms with Crippen LogP contribution < -0.4 is 0 Å². The van der Waals surface area contributed by atoms with Gasteiger partial charge in [0, 0.05) is 26.2 Å². The van der Waals surface area contributed by atoms with E-state index in [2.05, 4.69) is 11.8 Å². The lowest BCUT2D eigenvalue weighted by molar-refractivity contribution is 0.00482. The van der Waals surface area contributed by atoms with Crippen molar-refractivity contribution in [2.45, 2.75) is 57.3 Å². The molecular weight excluding hydrogens is 202 g/mol.